The van der Waals surface area contributed by atoms with Gasteiger partial charge in [-0.25, -0.2) is 0 Å². The van der Waals surface area contributed by atoms with Crippen molar-refractivity contribution in [3.05, 3.63) is 35.9 Å². The van der Waals surface area contributed by atoms with Gasteiger partial charge in [-0.3, -0.25) is 4.90 Å². The van der Waals surface area contributed by atoms with E-state index in [0.29, 0.717) is 11.9 Å². The molecule has 0 radical (unpaired) electrons. The van der Waals surface area contributed by atoms with Crippen molar-refractivity contribution in [3.63, 3.8) is 0 Å². The summed E-state index contributed by atoms with van der Waals surface area (Å²) in [6, 6.07) is 10.8. The molecule has 1 heterocycles. The molecular weight excluding hydrogens is 222 g/mol. The van der Waals surface area contributed by atoms with Gasteiger partial charge in [-0.15, -0.1) is 11.6 Å². The van der Waals surface area contributed by atoms with Crippen LogP contribution >= 0.6 is 11.6 Å². The Bertz CT molecular complexity index is 328. The average molecular weight is 240 g/mol. The summed E-state index contributed by atoms with van der Waals surface area (Å²) in [6.07, 6.45) is 0.208. The topological polar surface area (TPSA) is 12.5 Å². The van der Waals surface area contributed by atoms with E-state index < -0.39 is 0 Å². The highest BCUT2D eigenvalue weighted by molar-refractivity contribution is 6.18. The van der Waals surface area contributed by atoms with Crippen LogP contribution in [0, 0.1) is 0 Å². The lowest BCUT2D eigenvalue weighted by Gasteiger charge is -2.26. The van der Waals surface area contributed by atoms with Crippen molar-refractivity contribution < 1.29 is 4.74 Å². The van der Waals surface area contributed by atoms with Crippen molar-refractivity contribution in [1.29, 1.82) is 0 Å². The van der Waals surface area contributed by atoms with Crippen LogP contribution in [0.4, 0.5) is 0 Å². The molecule has 1 aromatic rings. The number of ether oxygens (including phenoxy) is 1. The van der Waals surface area contributed by atoms with Gasteiger partial charge in [0.25, 0.3) is 0 Å². The Morgan fingerprint density at radius 3 is 2.62 bits per heavy atom. The summed E-state index contributed by atoms with van der Waals surface area (Å²) in [4.78, 5) is 2.35. The van der Waals surface area contributed by atoms with E-state index in [2.05, 4.69) is 30.9 Å². The van der Waals surface area contributed by atoms with Gasteiger partial charge in [0.05, 0.1) is 6.10 Å². The molecule has 0 amide bonds. The molecule has 2 nitrogen and oxygen atoms in total. The maximum atomic E-state index is 5.96. The van der Waals surface area contributed by atoms with E-state index >= 15 is 0 Å². The van der Waals surface area contributed by atoms with Gasteiger partial charge >= 0.3 is 0 Å². The third-order valence-electron chi connectivity index (χ3n) is 2.96. The van der Waals surface area contributed by atoms with Crippen LogP contribution in [-0.4, -0.2) is 29.5 Å². The minimum atomic E-state index is 0.0601. The van der Waals surface area contributed by atoms with E-state index in [-0.39, 0.29) is 12.3 Å². The minimum Gasteiger partial charge on any atom is -0.353 e. The summed E-state index contributed by atoms with van der Waals surface area (Å²) >= 11 is 5.88. The molecule has 1 aliphatic rings. The van der Waals surface area contributed by atoms with Gasteiger partial charge in [-0.1, -0.05) is 30.3 Å². The first kappa shape index (κ1) is 11.9. The molecule has 0 bridgehead atoms. The minimum absolute atomic E-state index is 0.0601. The van der Waals surface area contributed by atoms with Crippen molar-refractivity contribution in [2.75, 3.05) is 12.4 Å². The predicted octanol–water partition coefficient (Wildman–Crippen LogP) is 3.03. The zero-order valence-electron chi connectivity index (χ0n) is 9.77. The molecule has 2 atom stereocenters. The van der Waals surface area contributed by atoms with E-state index in [1.807, 2.05) is 18.2 Å². The van der Waals surface area contributed by atoms with E-state index in [1.54, 1.807) is 0 Å². The molecule has 0 N–H and O–H groups in total. The smallest absolute Gasteiger partial charge is 0.137 e. The third-order valence-corrected chi connectivity index (χ3v) is 3.30. The lowest BCUT2D eigenvalue weighted by Crippen LogP contribution is -2.31. The number of benzene rings is 1. The molecule has 88 valence electrons. The van der Waals surface area contributed by atoms with Gasteiger partial charge in [0, 0.05) is 18.5 Å². The zero-order valence-corrected chi connectivity index (χ0v) is 10.5. The summed E-state index contributed by atoms with van der Waals surface area (Å²) in [6.45, 7) is 5.30. The fourth-order valence-electron chi connectivity index (χ4n) is 2.09. The van der Waals surface area contributed by atoms with Crippen LogP contribution in [-0.2, 0) is 4.74 Å². The van der Waals surface area contributed by atoms with Gasteiger partial charge < -0.3 is 4.74 Å². The fourth-order valence-corrected chi connectivity index (χ4v) is 2.26. The lowest BCUT2D eigenvalue weighted by molar-refractivity contribution is -0.00501. The van der Waals surface area contributed by atoms with Gasteiger partial charge in [-0.2, -0.15) is 0 Å². The monoisotopic (exact) mass is 239 g/mol. The van der Waals surface area contributed by atoms with Crippen molar-refractivity contribution >= 4 is 11.6 Å². The van der Waals surface area contributed by atoms with E-state index in [9.17, 15) is 0 Å². The fraction of sp³-hybridized carbons (Fsp3) is 0.538. The molecule has 1 fully saturated rings. The summed E-state index contributed by atoms with van der Waals surface area (Å²) < 4.78 is 5.96. The Morgan fingerprint density at radius 2 is 2.06 bits per heavy atom. The summed E-state index contributed by atoms with van der Waals surface area (Å²) in [5.74, 6) is 0.562. The average Bonchev–Trinajstić information content (AvgIpc) is 2.74. The molecule has 1 aromatic carbocycles. The number of nitrogens with zero attached hydrogens (tertiary/aromatic N) is 1. The summed E-state index contributed by atoms with van der Waals surface area (Å²) in [5, 5.41) is 0. The molecule has 0 saturated carbocycles. The van der Waals surface area contributed by atoms with Crippen LogP contribution in [0.5, 0.6) is 0 Å². The molecule has 2 unspecified atom stereocenters. The summed E-state index contributed by atoms with van der Waals surface area (Å²) in [7, 11) is 0. The molecule has 16 heavy (non-hydrogen) atoms. The molecule has 0 aliphatic carbocycles. The van der Waals surface area contributed by atoms with Gasteiger partial charge in [0.1, 0.15) is 6.23 Å². The SMILES string of the molecule is CC(C)N1CC(CCl)OC1c1ccccc1. The van der Waals surface area contributed by atoms with Crippen molar-refractivity contribution in [3.8, 4) is 0 Å². The normalized spacial score (nSPS) is 26.5. The highest BCUT2D eigenvalue weighted by Gasteiger charge is 2.34. The maximum absolute atomic E-state index is 5.96. The van der Waals surface area contributed by atoms with E-state index in [1.165, 1.54) is 5.56 Å². The second kappa shape index (κ2) is 5.17. The first-order chi connectivity index (χ1) is 7.72. The molecule has 0 spiro atoms. The van der Waals surface area contributed by atoms with E-state index in [0.717, 1.165) is 6.54 Å². The van der Waals surface area contributed by atoms with Gasteiger partial charge in [0.15, 0.2) is 0 Å². The highest BCUT2D eigenvalue weighted by atomic mass is 35.5. The Labute approximate surface area is 102 Å². The molecular formula is C13H18ClNO. The van der Waals surface area contributed by atoms with Crippen LogP contribution in [0.15, 0.2) is 30.3 Å². The first-order valence-corrected chi connectivity index (χ1v) is 6.28. The standard InChI is InChI=1S/C13H18ClNO/c1-10(2)15-9-12(8-14)16-13(15)11-6-4-3-5-7-11/h3-7,10,12-13H,8-9H2,1-2H3. The first-order valence-electron chi connectivity index (χ1n) is 5.74. The number of hydrogen-bond donors (Lipinski definition) is 0. The van der Waals surface area contributed by atoms with Crippen LogP contribution in [0.25, 0.3) is 0 Å². The Kier molecular flexibility index (Phi) is 3.85. The van der Waals surface area contributed by atoms with E-state index in [4.69, 9.17) is 16.3 Å². The highest BCUT2D eigenvalue weighted by Crippen LogP contribution is 2.32. The molecule has 0 aromatic heterocycles. The van der Waals surface area contributed by atoms with Crippen molar-refractivity contribution in [2.45, 2.75) is 32.2 Å². The molecule has 3 heteroatoms. The summed E-state index contributed by atoms with van der Waals surface area (Å²) in [5.41, 5.74) is 1.21. The number of halogens is 1. The molecule has 1 saturated heterocycles. The molecule has 1 aliphatic heterocycles. The lowest BCUT2D eigenvalue weighted by atomic mass is 10.1. The second-order valence-corrected chi connectivity index (χ2v) is 4.77. The Balaban J connectivity index is 2.19. The third kappa shape index (κ3) is 2.40. The Morgan fingerprint density at radius 1 is 1.38 bits per heavy atom. The second-order valence-electron chi connectivity index (χ2n) is 4.47. The zero-order chi connectivity index (χ0) is 11.5. The molecule has 2 rings (SSSR count). The van der Waals surface area contributed by atoms with Gasteiger partial charge in [0.2, 0.25) is 0 Å². The van der Waals surface area contributed by atoms with Crippen LogP contribution in [0.2, 0.25) is 0 Å². The number of rotatable bonds is 3. The quantitative estimate of drug-likeness (QED) is 0.752. The van der Waals surface area contributed by atoms with Crippen molar-refractivity contribution in [2.24, 2.45) is 0 Å². The van der Waals surface area contributed by atoms with Crippen molar-refractivity contribution in [1.82, 2.24) is 4.90 Å². The largest absolute Gasteiger partial charge is 0.353 e. The van der Waals surface area contributed by atoms with Gasteiger partial charge in [-0.05, 0) is 19.4 Å². The predicted molar refractivity (Wildman–Crippen MR) is 66.6 cm³/mol. The maximum Gasteiger partial charge on any atom is 0.137 e. The Hall–Kier alpha value is -0.570. The number of alkyl halides is 1. The van der Waals surface area contributed by atoms with Crippen LogP contribution in [0.3, 0.4) is 0 Å². The van der Waals surface area contributed by atoms with Crippen LogP contribution in [0.1, 0.15) is 25.6 Å². The van der Waals surface area contributed by atoms with Crippen LogP contribution < -0.4 is 0 Å². The number of hydrogen-bond acceptors (Lipinski definition) is 2.